The van der Waals surface area contributed by atoms with Gasteiger partial charge in [0, 0.05) is 13.6 Å². The zero-order valence-corrected chi connectivity index (χ0v) is 14.4. The maximum absolute atomic E-state index is 12.1. The number of nitrogens with zero attached hydrogens (tertiary/aromatic N) is 4. The number of amides is 1. The number of aromatic nitrogens is 4. The molecule has 0 saturated carbocycles. The minimum Gasteiger partial charge on any atom is -0.354 e. The van der Waals surface area contributed by atoms with Gasteiger partial charge in [0.05, 0.1) is 12.5 Å². The molecule has 0 unspecified atom stereocenters. The Bertz CT molecular complexity index is 940. The van der Waals surface area contributed by atoms with Crippen molar-refractivity contribution in [1.82, 2.24) is 24.4 Å². The molecule has 0 atom stereocenters. The van der Waals surface area contributed by atoms with Crippen LogP contribution in [0, 0.1) is 0 Å². The minimum absolute atomic E-state index is 0.111. The standard InChI is InChI=1S/C18H21N5O2/c1-3-13-4-6-14(7-5-13)8-9-19-15(24)11-23-12-21-17-18(23)20-10-16(25)22(17)2/h4-7,10,12H,3,8-9,11H2,1-2H3,(H,19,24). The van der Waals surface area contributed by atoms with E-state index in [9.17, 15) is 9.59 Å². The van der Waals surface area contributed by atoms with Gasteiger partial charge in [-0.15, -0.1) is 0 Å². The highest BCUT2D eigenvalue weighted by Gasteiger charge is 2.10. The lowest BCUT2D eigenvalue weighted by molar-refractivity contribution is -0.121. The first kappa shape index (κ1) is 16.9. The second kappa shape index (κ2) is 7.29. The molecule has 1 aromatic carbocycles. The van der Waals surface area contributed by atoms with E-state index >= 15 is 0 Å². The van der Waals surface area contributed by atoms with Crippen molar-refractivity contribution in [3.63, 3.8) is 0 Å². The molecule has 0 aliphatic carbocycles. The third-order valence-electron chi connectivity index (χ3n) is 4.22. The van der Waals surface area contributed by atoms with Crippen molar-refractivity contribution in [2.24, 2.45) is 7.05 Å². The summed E-state index contributed by atoms with van der Waals surface area (Å²) < 4.78 is 3.05. The Morgan fingerprint density at radius 2 is 1.84 bits per heavy atom. The van der Waals surface area contributed by atoms with Crippen LogP contribution in [0.5, 0.6) is 0 Å². The number of benzene rings is 1. The largest absolute Gasteiger partial charge is 0.354 e. The second-order valence-electron chi connectivity index (χ2n) is 5.95. The molecule has 0 saturated heterocycles. The summed E-state index contributed by atoms with van der Waals surface area (Å²) in [6, 6.07) is 8.42. The van der Waals surface area contributed by atoms with Gasteiger partial charge in [-0.05, 0) is 24.0 Å². The van der Waals surface area contributed by atoms with E-state index in [0.717, 1.165) is 12.8 Å². The molecule has 0 aliphatic heterocycles. The molecule has 25 heavy (non-hydrogen) atoms. The van der Waals surface area contributed by atoms with Crippen LogP contribution in [0.2, 0.25) is 0 Å². The summed E-state index contributed by atoms with van der Waals surface area (Å²) in [7, 11) is 1.63. The van der Waals surface area contributed by atoms with Crippen molar-refractivity contribution in [1.29, 1.82) is 0 Å². The van der Waals surface area contributed by atoms with Gasteiger partial charge in [0.15, 0.2) is 11.3 Å². The molecule has 7 nitrogen and oxygen atoms in total. The Balaban J connectivity index is 1.57. The van der Waals surface area contributed by atoms with E-state index in [4.69, 9.17) is 0 Å². The normalized spacial score (nSPS) is 11.0. The Morgan fingerprint density at radius 1 is 1.12 bits per heavy atom. The average molecular weight is 339 g/mol. The molecule has 0 radical (unpaired) electrons. The molecule has 1 amide bonds. The number of nitrogens with one attached hydrogen (secondary N) is 1. The van der Waals surface area contributed by atoms with Crippen molar-refractivity contribution >= 4 is 17.2 Å². The van der Waals surface area contributed by atoms with Gasteiger partial charge < -0.3 is 9.88 Å². The second-order valence-corrected chi connectivity index (χ2v) is 5.95. The molecule has 0 fully saturated rings. The maximum atomic E-state index is 12.1. The first-order valence-electron chi connectivity index (χ1n) is 8.30. The summed E-state index contributed by atoms with van der Waals surface area (Å²) in [5.74, 6) is -0.111. The van der Waals surface area contributed by atoms with Crippen LogP contribution in [-0.2, 0) is 31.2 Å². The number of aryl methyl sites for hydroxylation is 2. The Kier molecular flexibility index (Phi) is 4.92. The summed E-state index contributed by atoms with van der Waals surface area (Å²) in [6.07, 6.45) is 4.57. The molecule has 3 aromatic rings. The summed E-state index contributed by atoms with van der Waals surface area (Å²) >= 11 is 0. The van der Waals surface area contributed by atoms with Gasteiger partial charge >= 0.3 is 0 Å². The smallest absolute Gasteiger partial charge is 0.270 e. The van der Waals surface area contributed by atoms with Gasteiger partial charge in [-0.25, -0.2) is 9.97 Å². The van der Waals surface area contributed by atoms with E-state index in [1.54, 1.807) is 11.6 Å². The monoisotopic (exact) mass is 339 g/mol. The molecule has 1 N–H and O–H groups in total. The zero-order valence-electron chi connectivity index (χ0n) is 14.4. The van der Waals surface area contributed by atoms with Crippen LogP contribution in [0.15, 0.2) is 41.6 Å². The summed E-state index contributed by atoms with van der Waals surface area (Å²) in [5, 5.41) is 2.90. The molecule has 2 aromatic heterocycles. The molecule has 0 spiro atoms. The highest BCUT2D eigenvalue weighted by Crippen LogP contribution is 2.07. The predicted molar refractivity (Wildman–Crippen MR) is 95.3 cm³/mol. The first-order valence-corrected chi connectivity index (χ1v) is 8.30. The van der Waals surface area contributed by atoms with Crippen molar-refractivity contribution in [2.75, 3.05) is 6.54 Å². The van der Waals surface area contributed by atoms with E-state index in [2.05, 4.69) is 46.5 Å². The van der Waals surface area contributed by atoms with Crippen LogP contribution < -0.4 is 10.9 Å². The SMILES string of the molecule is CCc1ccc(CCNC(=O)Cn2cnc3c2ncc(=O)n3C)cc1. The maximum Gasteiger partial charge on any atom is 0.270 e. The fraction of sp³-hybridized carbons (Fsp3) is 0.333. The van der Waals surface area contributed by atoms with E-state index in [0.29, 0.717) is 17.8 Å². The lowest BCUT2D eigenvalue weighted by Crippen LogP contribution is -2.29. The number of fused-ring (bicyclic) bond motifs is 1. The van der Waals surface area contributed by atoms with Crippen LogP contribution >= 0.6 is 0 Å². The molecule has 3 rings (SSSR count). The number of carbonyl (C=O) groups excluding carboxylic acids is 1. The van der Waals surface area contributed by atoms with Crippen molar-refractivity contribution in [3.8, 4) is 0 Å². The number of hydrogen-bond donors (Lipinski definition) is 1. The van der Waals surface area contributed by atoms with Gasteiger partial charge in [-0.1, -0.05) is 31.2 Å². The Hall–Kier alpha value is -2.96. The predicted octanol–water partition coefficient (Wildman–Crippen LogP) is 1.05. The molecule has 0 bridgehead atoms. The number of imidazole rings is 1. The van der Waals surface area contributed by atoms with Crippen molar-refractivity contribution < 1.29 is 4.79 Å². The molecule has 2 heterocycles. The molecule has 0 aliphatic rings. The highest BCUT2D eigenvalue weighted by atomic mass is 16.2. The fourth-order valence-corrected chi connectivity index (χ4v) is 2.66. The Labute approximate surface area is 145 Å². The van der Waals surface area contributed by atoms with Gasteiger partial charge in [-0.3, -0.25) is 14.2 Å². The van der Waals surface area contributed by atoms with Crippen molar-refractivity contribution in [2.45, 2.75) is 26.3 Å². The molecule has 130 valence electrons. The van der Waals surface area contributed by atoms with Gasteiger partial charge in [0.2, 0.25) is 5.91 Å². The zero-order chi connectivity index (χ0) is 17.8. The fourth-order valence-electron chi connectivity index (χ4n) is 2.66. The molecule has 7 heteroatoms. The third-order valence-corrected chi connectivity index (χ3v) is 4.22. The molecular formula is C18H21N5O2. The van der Waals surface area contributed by atoms with E-state index in [-0.39, 0.29) is 18.0 Å². The third kappa shape index (κ3) is 3.76. The van der Waals surface area contributed by atoms with E-state index in [1.165, 1.54) is 28.2 Å². The lowest BCUT2D eigenvalue weighted by atomic mass is 10.1. The van der Waals surface area contributed by atoms with Crippen LogP contribution in [0.1, 0.15) is 18.1 Å². The first-order chi connectivity index (χ1) is 12.1. The highest BCUT2D eigenvalue weighted by molar-refractivity contribution is 5.77. The minimum atomic E-state index is -0.226. The van der Waals surface area contributed by atoms with Gasteiger partial charge in [0.25, 0.3) is 5.56 Å². The average Bonchev–Trinajstić information content (AvgIpc) is 3.02. The molecular weight excluding hydrogens is 318 g/mol. The van der Waals surface area contributed by atoms with Gasteiger partial charge in [-0.2, -0.15) is 0 Å². The Morgan fingerprint density at radius 3 is 2.56 bits per heavy atom. The van der Waals surface area contributed by atoms with Crippen LogP contribution in [0.4, 0.5) is 0 Å². The van der Waals surface area contributed by atoms with Crippen molar-refractivity contribution in [3.05, 3.63) is 58.3 Å². The van der Waals surface area contributed by atoms with Crippen LogP contribution in [0.25, 0.3) is 11.3 Å². The number of carbonyl (C=O) groups is 1. The number of rotatable bonds is 6. The van der Waals surface area contributed by atoms with Gasteiger partial charge in [0.1, 0.15) is 6.54 Å². The summed E-state index contributed by atoms with van der Waals surface area (Å²) in [5.41, 5.74) is 3.27. The van der Waals surface area contributed by atoms with Crippen LogP contribution in [-0.4, -0.2) is 31.6 Å². The van der Waals surface area contributed by atoms with Crippen LogP contribution in [0.3, 0.4) is 0 Å². The topological polar surface area (TPSA) is 81.8 Å². The summed E-state index contributed by atoms with van der Waals surface area (Å²) in [6.45, 7) is 2.82. The van der Waals surface area contributed by atoms with E-state index in [1.807, 2.05) is 0 Å². The summed E-state index contributed by atoms with van der Waals surface area (Å²) in [4.78, 5) is 31.9. The lowest BCUT2D eigenvalue weighted by Gasteiger charge is -2.07. The van der Waals surface area contributed by atoms with E-state index < -0.39 is 0 Å². The number of hydrogen-bond acceptors (Lipinski definition) is 4. The quantitative estimate of drug-likeness (QED) is 0.728.